The van der Waals surface area contributed by atoms with Crippen LogP contribution in [0.2, 0.25) is 5.02 Å². The molecule has 1 N–H and O–H groups in total. The van der Waals surface area contributed by atoms with Crippen LogP contribution in [0.4, 0.5) is 5.69 Å². The lowest BCUT2D eigenvalue weighted by Crippen LogP contribution is -2.41. The molecule has 1 aliphatic heterocycles. The van der Waals surface area contributed by atoms with Crippen molar-refractivity contribution in [1.82, 2.24) is 0 Å². The molecule has 3 rings (SSSR count). The third-order valence-corrected chi connectivity index (χ3v) is 4.20. The number of ketones is 1. The number of carbonyl (C=O) groups is 3. The molecule has 0 spiro atoms. The van der Waals surface area contributed by atoms with Crippen LogP contribution in [0.15, 0.2) is 48.5 Å². The molecule has 128 valence electrons. The molecule has 1 amide bonds. The number of aryl methyl sites for hydroxylation is 1. The van der Waals surface area contributed by atoms with Crippen molar-refractivity contribution in [2.45, 2.75) is 12.8 Å². The lowest BCUT2D eigenvalue weighted by atomic mass is 9.92. The minimum atomic E-state index is -1.47. The Hall–Kier alpha value is -2.66. The normalized spacial score (nSPS) is 16.1. The number of Topliss-reactive ketones (excluding diaryl/α,β-unsaturated/α-hetero) is 1. The van der Waals surface area contributed by atoms with E-state index in [0.29, 0.717) is 17.1 Å². The van der Waals surface area contributed by atoms with E-state index in [9.17, 15) is 14.4 Å². The molecule has 6 heteroatoms. The summed E-state index contributed by atoms with van der Waals surface area (Å²) in [7, 11) is 0. The van der Waals surface area contributed by atoms with Crippen molar-refractivity contribution < 1.29 is 19.1 Å². The number of amides is 1. The molecule has 0 saturated heterocycles. The molecule has 2 aromatic carbocycles. The van der Waals surface area contributed by atoms with Crippen LogP contribution in [0.5, 0.6) is 0 Å². The zero-order chi connectivity index (χ0) is 17.8. The third-order valence-electron chi connectivity index (χ3n) is 3.96. The predicted molar refractivity (Wildman–Crippen MR) is 93.6 cm³/mol. The molecule has 0 saturated carbocycles. The fourth-order valence-corrected chi connectivity index (χ4v) is 2.88. The Bertz CT molecular complexity index is 819. The number of esters is 1. The second kappa shape index (κ2) is 7.49. The van der Waals surface area contributed by atoms with E-state index in [2.05, 4.69) is 5.32 Å². The number of rotatable bonds is 5. The molecule has 0 bridgehead atoms. The zero-order valence-corrected chi connectivity index (χ0v) is 14.1. The van der Waals surface area contributed by atoms with Crippen molar-refractivity contribution in [2.75, 3.05) is 11.9 Å². The molecule has 0 aliphatic carbocycles. The Morgan fingerprint density at radius 3 is 2.64 bits per heavy atom. The summed E-state index contributed by atoms with van der Waals surface area (Å²) in [5.41, 5.74) is 1.71. The van der Waals surface area contributed by atoms with Crippen LogP contribution in [0, 0.1) is 5.92 Å². The Balaban J connectivity index is 1.59. The van der Waals surface area contributed by atoms with Gasteiger partial charge >= 0.3 is 5.97 Å². The summed E-state index contributed by atoms with van der Waals surface area (Å²) in [6.07, 6.45) is 1.37. The SMILES string of the molecule is O=C1Nc2cc(Cl)ccc2C(=O)C1C(=O)OCCCc1ccccc1. The monoisotopic (exact) mass is 357 g/mol. The number of fused-ring (bicyclic) bond motifs is 1. The van der Waals surface area contributed by atoms with E-state index in [-0.39, 0.29) is 12.2 Å². The maximum absolute atomic E-state index is 12.4. The average molecular weight is 358 g/mol. The number of nitrogens with one attached hydrogen (secondary N) is 1. The van der Waals surface area contributed by atoms with Gasteiger partial charge in [-0.15, -0.1) is 0 Å². The fraction of sp³-hybridized carbons (Fsp3) is 0.211. The van der Waals surface area contributed by atoms with E-state index in [1.807, 2.05) is 30.3 Å². The van der Waals surface area contributed by atoms with Gasteiger partial charge in [-0.05, 0) is 36.6 Å². The number of carbonyl (C=O) groups excluding carboxylic acids is 3. The van der Waals surface area contributed by atoms with E-state index >= 15 is 0 Å². The maximum Gasteiger partial charge on any atom is 0.326 e. The zero-order valence-electron chi connectivity index (χ0n) is 13.3. The summed E-state index contributed by atoms with van der Waals surface area (Å²) in [6, 6.07) is 14.3. The van der Waals surface area contributed by atoms with Gasteiger partial charge in [-0.3, -0.25) is 14.4 Å². The first kappa shape index (κ1) is 17.2. The van der Waals surface area contributed by atoms with Crippen LogP contribution >= 0.6 is 11.6 Å². The van der Waals surface area contributed by atoms with E-state index in [1.54, 1.807) is 0 Å². The molecule has 0 aromatic heterocycles. The number of hydrogen-bond donors (Lipinski definition) is 1. The van der Waals surface area contributed by atoms with Crippen molar-refractivity contribution >= 4 is 34.9 Å². The highest BCUT2D eigenvalue weighted by Crippen LogP contribution is 2.29. The van der Waals surface area contributed by atoms with Gasteiger partial charge in [-0.25, -0.2) is 0 Å². The molecular weight excluding hydrogens is 342 g/mol. The van der Waals surface area contributed by atoms with Gasteiger partial charge in [0.05, 0.1) is 12.3 Å². The number of halogens is 1. The maximum atomic E-state index is 12.4. The van der Waals surface area contributed by atoms with Crippen LogP contribution in [0.25, 0.3) is 0 Å². The number of ether oxygens (including phenoxy) is 1. The third kappa shape index (κ3) is 3.88. The van der Waals surface area contributed by atoms with Crippen LogP contribution in [-0.4, -0.2) is 24.3 Å². The smallest absolute Gasteiger partial charge is 0.326 e. The van der Waals surface area contributed by atoms with E-state index in [0.717, 1.165) is 12.0 Å². The van der Waals surface area contributed by atoms with Gasteiger partial charge in [0.25, 0.3) is 0 Å². The van der Waals surface area contributed by atoms with E-state index in [1.165, 1.54) is 18.2 Å². The first-order valence-electron chi connectivity index (χ1n) is 7.91. The fourth-order valence-electron chi connectivity index (χ4n) is 2.71. The van der Waals surface area contributed by atoms with Crippen molar-refractivity contribution in [3.8, 4) is 0 Å². The largest absolute Gasteiger partial charge is 0.465 e. The summed E-state index contributed by atoms with van der Waals surface area (Å²) in [6.45, 7) is 0.151. The molecule has 0 fully saturated rings. The van der Waals surface area contributed by atoms with Gasteiger partial charge in [-0.2, -0.15) is 0 Å². The molecule has 25 heavy (non-hydrogen) atoms. The lowest BCUT2D eigenvalue weighted by molar-refractivity contribution is -0.149. The molecule has 1 unspecified atom stereocenters. The van der Waals surface area contributed by atoms with Crippen molar-refractivity contribution in [3.63, 3.8) is 0 Å². The lowest BCUT2D eigenvalue weighted by Gasteiger charge is -2.22. The van der Waals surface area contributed by atoms with Crippen LogP contribution in [0.3, 0.4) is 0 Å². The van der Waals surface area contributed by atoms with Gasteiger partial charge in [0.1, 0.15) is 0 Å². The minimum absolute atomic E-state index is 0.151. The van der Waals surface area contributed by atoms with Gasteiger partial charge in [0, 0.05) is 10.6 Å². The van der Waals surface area contributed by atoms with Crippen molar-refractivity contribution in [3.05, 3.63) is 64.7 Å². The van der Waals surface area contributed by atoms with Gasteiger partial charge < -0.3 is 10.1 Å². The summed E-state index contributed by atoms with van der Waals surface area (Å²) in [5.74, 6) is -3.54. The summed E-state index contributed by atoms with van der Waals surface area (Å²) in [5, 5.41) is 2.93. The van der Waals surface area contributed by atoms with Crippen LogP contribution < -0.4 is 5.32 Å². The first-order chi connectivity index (χ1) is 12.1. The van der Waals surface area contributed by atoms with E-state index < -0.39 is 23.6 Å². The highest BCUT2D eigenvalue weighted by Gasteiger charge is 2.40. The second-order valence-electron chi connectivity index (χ2n) is 5.73. The van der Waals surface area contributed by atoms with Gasteiger partial charge in [0.15, 0.2) is 11.7 Å². The number of hydrogen-bond acceptors (Lipinski definition) is 4. The second-order valence-corrected chi connectivity index (χ2v) is 6.17. The van der Waals surface area contributed by atoms with E-state index in [4.69, 9.17) is 16.3 Å². The molecule has 0 radical (unpaired) electrons. The highest BCUT2D eigenvalue weighted by atomic mass is 35.5. The minimum Gasteiger partial charge on any atom is -0.465 e. The Morgan fingerprint density at radius 2 is 1.88 bits per heavy atom. The van der Waals surface area contributed by atoms with Crippen LogP contribution in [-0.2, 0) is 20.7 Å². The summed E-state index contributed by atoms with van der Waals surface area (Å²) < 4.78 is 5.14. The molecule has 2 aromatic rings. The van der Waals surface area contributed by atoms with Crippen molar-refractivity contribution in [2.24, 2.45) is 5.92 Å². The average Bonchev–Trinajstić information content (AvgIpc) is 2.59. The van der Waals surface area contributed by atoms with Crippen LogP contribution in [0.1, 0.15) is 22.3 Å². The first-order valence-corrected chi connectivity index (χ1v) is 8.29. The topological polar surface area (TPSA) is 72.5 Å². The number of benzene rings is 2. The van der Waals surface area contributed by atoms with Crippen molar-refractivity contribution in [1.29, 1.82) is 0 Å². The molecule has 5 nitrogen and oxygen atoms in total. The standard InChI is InChI=1S/C19H16ClNO4/c20-13-8-9-14-15(11-13)21-18(23)16(17(14)22)19(24)25-10-4-7-12-5-2-1-3-6-12/h1-3,5-6,8-9,11,16H,4,7,10H2,(H,21,23). The molecule has 1 atom stereocenters. The molecule has 1 aliphatic rings. The van der Waals surface area contributed by atoms with Gasteiger partial charge in [0.2, 0.25) is 5.91 Å². The highest BCUT2D eigenvalue weighted by molar-refractivity contribution is 6.33. The van der Waals surface area contributed by atoms with Gasteiger partial charge in [-0.1, -0.05) is 41.9 Å². The number of anilines is 1. The Morgan fingerprint density at radius 1 is 1.12 bits per heavy atom. The Labute approximate surface area is 149 Å². The summed E-state index contributed by atoms with van der Waals surface area (Å²) in [4.78, 5) is 36.7. The quantitative estimate of drug-likeness (QED) is 0.506. The predicted octanol–water partition coefficient (Wildman–Crippen LogP) is 3.27. The molecule has 1 heterocycles. The summed E-state index contributed by atoms with van der Waals surface area (Å²) >= 11 is 5.85. The Kier molecular flexibility index (Phi) is 5.14. The molecular formula is C19H16ClNO4.